The molecule has 0 bridgehead atoms. The molecule has 1 heterocycles. The zero-order valence-electron chi connectivity index (χ0n) is 16.0. The number of fused-ring (bicyclic) bond motifs is 1. The number of halogens is 1. The molecule has 0 atom stereocenters. The van der Waals surface area contributed by atoms with Crippen LogP contribution in [0.25, 0.3) is 22.0 Å². The van der Waals surface area contributed by atoms with Gasteiger partial charge in [-0.2, -0.15) is 5.26 Å². The molecule has 3 aromatic rings. The van der Waals surface area contributed by atoms with Crippen molar-refractivity contribution < 1.29 is 13.9 Å². The Morgan fingerprint density at radius 1 is 1.28 bits per heavy atom. The van der Waals surface area contributed by atoms with Crippen molar-refractivity contribution in [3.05, 3.63) is 66.1 Å². The van der Waals surface area contributed by atoms with Crippen LogP contribution in [0.2, 0.25) is 0 Å². The third-order valence-corrected chi connectivity index (χ3v) is 4.42. The first-order valence-electron chi connectivity index (χ1n) is 8.80. The van der Waals surface area contributed by atoms with E-state index in [2.05, 4.69) is 22.2 Å². The van der Waals surface area contributed by atoms with Crippen molar-refractivity contribution in [3.63, 3.8) is 0 Å². The minimum Gasteiger partial charge on any atom is -0.495 e. The summed E-state index contributed by atoms with van der Waals surface area (Å²) in [6.45, 7) is 3.95. The molecule has 0 aliphatic heterocycles. The van der Waals surface area contributed by atoms with E-state index in [1.54, 1.807) is 7.11 Å². The van der Waals surface area contributed by atoms with E-state index in [1.807, 2.05) is 36.4 Å². The Kier molecular flexibility index (Phi) is 5.74. The first-order chi connectivity index (χ1) is 14.0. The van der Waals surface area contributed by atoms with Gasteiger partial charge in [0.05, 0.1) is 24.6 Å². The number of anilines is 1. The van der Waals surface area contributed by atoms with E-state index >= 15 is 0 Å². The van der Waals surface area contributed by atoms with Crippen LogP contribution in [-0.4, -0.2) is 31.6 Å². The number of rotatable bonds is 6. The highest BCUT2D eigenvalue weighted by molar-refractivity contribution is 5.99. The van der Waals surface area contributed by atoms with Gasteiger partial charge in [-0.15, -0.1) is 0 Å². The van der Waals surface area contributed by atoms with Gasteiger partial charge < -0.3 is 15.4 Å². The summed E-state index contributed by atoms with van der Waals surface area (Å²) in [5.41, 5.74) is 1.99. The van der Waals surface area contributed by atoms with E-state index in [-0.39, 0.29) is 12.2 Å². The summed E-state index contributed by atoms with van der Waals surface area (Å²) < 4.78 is 19.4. The number of nitriles is 1. The van der Waals surface area contributed by atoms with E-state index in [9.17, 15) is 9.18 Å². The highest BCUT2D eigenvalue weighted by Gasteiger charge is 2.15. The lowest BCUT2D eigenvalue weighted by Gasteiger charge is -2.15. The molecule has 146 valence electrons. The van der Waals surface area contributed by atoms with E-state index in [4.69, 9.17) is 10.00 Å². The number of hydrogen-bond acceptors (Lipinski definition) is 5. The highest BCUT2D eigenvalue weighted by atomic mass is 19.1. The van der Waals surface area contributed by atoms with Crippen LogP contribution in [0.5, 0.6) is 5.75 Å². The van der Waals surface area contributed by atoms with Crippen LogP contribution in [0.3, 0.4) is 0 Å². The molecule has 0 fully saturated rings. The predicted molar refractivity (Wildman–Crippen MR) is 110 cm³/mol. The number of carbonyl (C=O) groups excluding carboxylic acids is 1. The minimum atomic E-state index is -0.687. The number of methoxy groups -OCH3 is 1. The molecule has 2 N–H and O–H groups in total. The average molecular weight is 390 g/mol. The molecule has 6 nitrogen and oxygen atoms in total. The molecule has 0 spiro atoms. The standard InChI is InChI=1S/C22H19FN4O2/c1-13(11-24)12-26-20-16-10-15(5-4-14(16)6-9-19(20)29-3)18-8-7-17(23)21(27-18)22(28)25-2/h4-10,26H,1,12H2,2-3H3,(H,25,28). The van der Waals surface area contributed by atoms with Gasteiger partial charge in [0.15, 0.2) is 11.5 Å². The SMILES string of the molecule is C=C(C#N)CNc1c(OC)ccc2ccc(-c3ccc(F)c(C(=O)NC)n3)cc12. The number of aromatic nitrogens is 1. The van der Waals surface area contributed by atoms with Crippen molar-refractivity contribution in [2.75, 3.05) is 26.0 Å². The molecule has 0 aliphatic rings. The number of pyridine rings is 1. The normalized spacial score (nSPS) is 10.3. The Morgan fingerprint density at radius 2 is 2.03 bits per heavy atom. The second-order valence-corrected chi connectivity index (χ2v) is 6.25. The van der Waals surface area contributed by atoms with Gasteiger partial charge in [0, 0.05) is 30.1 Å². The average Bonchev–Trinajstić information content (AvgIpc) is 2.76. The van der Waals surface area contributed by atoms with Crippen LogP contribution in [0, 0.1) is 17.1 Å². The van der Waals surface area contributed by atoms with Gasteiger partial charge in [-0.3, -0.25) is 4.79 Å². The minimum absolute atomic E-state index is 0.264. The molecule has 1 amide bonds. The second kappa shape index (κ2) is 8.40. The smallest absolute Gasteiger partial charge is 0.272 e. The van der Waals surface area contributed by atoms with Crippen LogP contribution in [0.4, 0.5) is 10.1 Å². The Bertz CT molecular complexity index is 1150. The number of nitrogens with one attached hydrogen (secondary N) is 2. The summed E-state index contributed by atoms with van der Waals surface area (Å²) in [5.74, 6) is -0.671. The van der Waals surface area contributed by atoms with Crippen LogP contribution >= 0.6 is 0 Å². The fraction of sp³-hybridized carbons (Fsp3) is 0.136. The van der Waals surface area contributed by atoms with Gasteiger partial charge in [0.2, 0.25) is 0 Å². The summed E-state index contributed by atoms with van der Waals surface area (Å²) in [6.07, 6.45) is 0. The Hall–Kier alpha value is -3.92. The maximum Gasteiger partial charge on any atom is 0.272 e. The summed E-state index contributed by atoms with van der Waals surface area (Å²) >= 11 is 0. The van der Waals surface area contributed by atoms with Gasteiger partial charge in [0.25, 0.3) is 5.91 Å². The van der Waals surface area contributed by atoms with Gasteiger partial charge in [-0.25, -0.2) is 9.37 Å². The number of ether oxygens (including phenoxy) is 1. The van der Waals surface area contributed by atoms with E-state index in [0.717, 1.165) is 10.8 Å². The molecular weight excluding hydrogens is 371 g/mol. The summed E-state index contributed by atoms with van der Waals surface area (Å²) in [6, 6.07) is 14.1. The number of benzene rings is 2. The molecule has 7 heteroatoms. The Labute approximate surface area is 167 Å². The molecule has 0 aliphatic carbocycles. The first kappa shape index (κ1) is 19.8. The largest absolute Gasteiger partial charge is 0.495 e. The molecule has 0 saturated carbocycles. The molecule has 0 saturated heterocycles. The van der Waals surface area contributed by atoms with Crippen LogP contribution in [0.1, 0.15) is 10.5 Å². The molecule has 0 radical (unpaired) electrons. The topological polar surface area (TPSA) is 87.0 Å². The van der Waals surface area contributed by atoms with E-state index < -0.39 is 11.7 Å². The van der Waals surface area contributed by atoms with Gasteiger partial charge in [-0.1, -0.05) is 24.8 Å². The maximum atomic E-state index is 14.0. The van der Waals surface area contributed by atoms with E-state index in [1.165, 1.54) is 19.2 Å². The number of carbonyl (C=O) groups is 1. The van der Waals surface area contributed by atoms with Gasteiger partial charge in [-0.05, 0) is 29.7 Å². The molecule has 0 unspecified atom stereocenters. The predicted octanol–water partition coefficient (Wildman–Crippen LogP) is 3.90. The monoisotopic (exact) mass is 390 g/mol. The van der Waals surface area contributed by atoms with Crippen molar-refractivity contribution in [2.24, 2.45) is 0 Å². The lowest BCUT2D eigenvalue weighted by atomic mass is 10.0. The van der Waals surface area contributed by atoms with E-state index in [0.29, 0.717) is 28.3 Å². The second-order valence-electron chi connectivity index (χ2n) is 6.25. The summed E-state index contributed by atoms with van der Waals surface area (Å²) in [4.78, 5) is 16.1. The Morgan fingerprint density at radius 3 is 2.72 bits per heavy atom. The zero-order chi connectivity index (χ0) is 21.0. The summed E-state index contributed by atoms with van der Waals surface area (Å²) in [7, 11) is 2.98. The lowest BCUT2D eigenvalue weighted by molar-refractivity contribution is 0.0954. The fourth-order valence-electron chi connectivity index (χ4n) is 2.93. The number of hydrogen-bond donors (Lipinski definition) is 2. The number of amides is 1. The molecule has 29 heavy (non-hydrogen) atoms. The van der Waals surface area contributed by atoms with Crippen LogP contribution in [0.15, 0.2) is 54.6 Å². The van der Waals surface area contributed by atoms with Gasteiger partial charge >= 0.3 is 0 Å². The first-order valence-corrected chi connectivity index (χ1v) is 8.80. The zero-order valence-corrected chi connectivity index (χ0v) is 16.0. The van der Waals surface area contributed by atoms with Crippen molar-refractivity contribution in [3.8, 4) is 23.1 Å². The molecule has 3 rings (SSSR count). The Balaban J connectivity index is 2.13. The quantitative estimate of drug-likeness (QED) is 0.624. The molecule has 1 aromatic heterocycles. The third kappa shape index (κ3) is 4.01. The third-order valence-electron chi connectivity index (χ3n) is 4.42. The molecular formula is C22H19FN4O2. The van der Waals surface area contributed by atoms with Gasteiger partial charge in [0.1, 0.15) is 5.75 Å². The maximum absolute atomic E-state index is 14.0. The lowest BCUT2D eigenvalue weighted by Crippen LogP contribution is -2.21. The van der Waals surface area contributed by atoms with Crippen molar-refractivity contribution in [1.29, 1.82) is 5.26 Å². The van der Waals surface area contributed by atoms with Crippen molar-refractivity contribution in [1.82, 2.24) is 10.3 Å². The summed E-state index contributed by atoms with van der Waals surface area (Å²) in [5, 5.41) is 16.3. The molecule has 2 aromatic carbocycles. The van der Waals surface area contributed by atoms with Crippen LogP contribution in [-0.2, 0) is 0 Å². The number of nitrogens with zero attached hydrogens (tertiary/aromatic N) is 2. The fourth-order valence-corrected chi connectivity index (χ4v) is 2.93. The highest BCUT2D eigenvalue weighted by Crippen LogP contribution is 2.35. The van der Waals surface area contributed by atoms with Crippen molar-refractivity contribution >= 4 is 22.4 Å². The van der Waals surface area contributed by atoms with Crippen LogP contribution < -0.4 is 15.4 Å². The van der Waals surface area contributed by atoms with Crippen molar-refractivity contribution in [2.45, 2.75) is 0 Å².